The van der Waals surface area contributed by atoms with Crippen molar-refractivity contribution in [2.75, 3.05) is 19.6 Å². The quantitative estimate of drug-likeness (QED) is 0.704. The summed E-state index contributed by atoms with van der Waals surface area (Å²) in [6, 6.07) is 1.50. The highest BCUT2D eigenvalue weighted by Gasteiger charge is 2.22. The van der Waals surface area contributed by atoms with E-state index in [2.05, 4.69) is 31.0 Å². The largest absolute Gasteiger partial charge is 0.313 e. The first kappa shape index (κ1) is 12.0. The lowest BCUT2D eigenvalue weighted by atomic mass is 10.1. The fourth-order valence-electron chi connectivity index (χ4n) is 2.41. The summed E-state index contributed by atoms with van der Waals surface area (Å²) < 4.78 is 0. The fourth-order valence-corrected chi connectivity index (χ4v) is 2.41. The molecule has 1 saturated heterocycles. The first-order valence-corrected chi connectivity index (χ1v) is 6.25. The minimum atomic E-state index is 0.694. The second kappa shape index (κ2) is 6.41. The van der Waals surface area contributed by atoms with Gasteiger partial charge in [0, 0.05) is 18.6 Å². The SMILES string of the molecule is CCC[C@H](C)NC[C@@H]1CCCN1CC. The van der Waals surface area contributed by atoms with Gasteiger partial charge in [0.15, 0.2) is 0 Å². The number of likely N-dealkylation sites (tertiary alicyclic amines) is 1. The molecule has 1 rings (SSSR count). The summed E-state index contributed by atoms with van der Waals surface area (Å²) in [5.74, 6) is 0. The van der Waals surface area contributed by atoms with E-state index in [4.69, 9.17) is 0 Å². The molecule has 0 aliphatic carbocycles. The molecule has 14 heavy (non-hydrogen) atoms. The molecule has 1 N–H and O–H groups in total. The van der Waals surface area contributed by atoms with Gasteiger partial charge in [-0.1, -0.05) is 20.3 Å². The monoisotopic (exact) mass is 198 g/mol. The van der Waals surface area contributed by atoms with Crippen LogP contribution in [0, 0.1) is 0 Å². The van der Waals surface area contributed by atoms with Gasteiger partial charge in [-0.25, -0.2) is 0 Å². The Hall–Kier alpha value is -0.0800. The predicted molar refractivity (Wildman–Crippen MR) is 62.6 cm³/mol. The van der Waals surface area contributed by atoms with Crippen LogP contribution in [0.15, 0.2) is 0 Å². The van der Waals surface area contributed by atoms with Crippen LogP contribution in [0.3, 0.4) is 0 Å². The molecule has 0 bridgehead atoms. The van der Waals surface area contributed by atoms with Crippen molar-refractivity contribution in [3.63, 3.8) is 0 Å². The summed E-state index contributed by atoms with van der Waals surface area (Å²) in [5.41, 5.74) is 0. The van der Waals surface area contributed by atoms with Gasteiger partial charge < -0.3 is 5.32 Å². The predicted octanol–water partition coefficient (Wildman–Crippen LogP) is 2.25. The first-order chi connectivity index (χ1) is 6.77. The molecule has 2 heteroatoms. The topological polar surface area (TPSA) is 15.3 Å². The number of hydrogen-bond donors (Lipinski definition) is 1. The van der Waals surface area contributed by atoms with Gasteiger partial charge in [-0.2, -0.15) is 0 Å². The Morgan fingerprint density at radius 2 is 2.21 bits per heavy atom. The van der Waals surface area contributed by atoms with Crippen molar-refractivity contribution in [1.29, 1.82) is 0 Å². The summed E-state index contributed by atoms with van der Waals surface area (Å²) in [6.45, 7) is 10.5. The molecule has 1 aliphatic heterocycles. The number of nitrogens with one attached hydrogen (secondary N) is 1. The zero-order chi connectivity index (χ0) is 10.4. The minimum absolute atomic E-state index is 0.694. The molecule has 2 atom stereocenters. The third-order valence-corrected chi connectivity index (χ3v) is 3.33. The standard InChI is InChI=1S/C12H26N2/c1-4-7-11(3)13-10-12-8-6-9-14(12)5-2/h11-13H,4-10H2,1-3H3/t11-,12-/m0/s1. The van der Waals surface area contributed by atoms with E-state index in [0.29, 0.717) is 6.04 Å². The normalized spacial score (nSPS) is 25.5. The van der Waals surface area contributed by atoms with Gasteiger partial charge in [-0.3, -0.25) is 4.90 Å². The average molecular weight is 198 g/mol. The smallest absolute Gasteiger partial charge is 0.0221 e. The van der Waals surface area contributed by atoms with E-state index in [1.165, 1.54) is 45.3 Å². The van der Waals surface area contributed by atoms with E-state index < -0.39 is 0 Å². The number of nitrogens with zero attached hydrogens (tertiary/aromatic N) is 1. The zero-order valence-corrected chi connectivity index (χ0v) is 10.1. The van der Waals surface area contributed by atoms with Crippen molar-refractivity contribution in [3.8, 4) is 0 Å². The van der Waals surface area contributed by atoms with Gasteiger partial charge in [0.2, 0.25) is 0 Å². The molecule has 1 heterocycles. The second-order valence-corrected chi connectivity index (χ2v) is 4.52. The molecule has 0 unspecified atom stereocenters. The van der Waals surface area contributed by atoms with Crippen LogP contribution in [0.1, 0.15) is 46.5 Å². The highest BCUT2D eigenvalue weighted by molar-refractivity contribution is 4.80. The molecule has 84 valence electrons. The summed E-state index contributed by atoms with van der Waals surface area (Å²) in [5, 5.41) is 3.65. The molecule has 1 aliphatic rings. The van der Waals surface area contributed by atoms with Crippen LogP contribution in [0.4, 0.5) is 0 Å². The first-order valence-electron chi connectivity index (χ1n) is 6.25. The van der Waals surface area contributed by atoms with Gasteiger partial charge >= 0.3 is 0 Å². The lowest BCUT2D eigenvalue weighted by Crippen LogP contribution is -2.40. The Kier molecular flexibility index (Phi) is 5.49. The van der Waals surface area contributed by atoms with Crippen LogP contribution >= 0.6 is 0 Å². The summed E-state index contributed by atoms with van der Waals surface area (Å²) in [4.78, 5) is 2.60. The summed E-state index contributed by atoms with van der Waals surface area (Å²) >= 11 is 0. The van der Waals surface area contributed by atoms with Crippen molar-refractivity contribution >= 4 is 0 Å². The van der Waals surface area contributed by atoms with Crippen molar-refractivity contribution < 1.29 is 0 Å². The number of rotatable bonds is 6. The molecule has 0 aromatic carbocycles. The van der Waals surface area contributed by atoms with Crippen molar-refractivity contribution in [2.45, 2.75) is 58.5 Å². The van der Waals surface area contributed by atoms with Crippen LogP contribution in [0.2, 0.25) is 0 Å². The molecule has 0 aromatic heterocycles. The molecule has 0 saturated carbocycles. The van der Waals surface area contributed by atoms with E-state index >= 15 is 0 Å². The number of likely N-dealkylation sites (N-methyl/N-ethyl adjacent to an activating group) is 1. The third kappa shape index (κ3) is 3.58. The van der Waals surface area contributed by atoms with Gasteiger partial charge in [0.25, 0.3) is 0 Å². The zero-order valence-electron chi connectivity index (χ0n) is 10.1. The molecule has 2 nitrogen and oxygen atoms in total. The molecule has 0 spiro atoms. The lowest BCUT2D eigenvalue weighted by Gasteiger charge is -2.24. The Morgan fingerprint density at radius 3 is 2.86 bits per heavy atom. The second-order valence-electron chi connectivity index (χ2n) is 4.52. The van der Waals surface area contributed by atoms with E-state index in [-0.39, 0.29) is 0 Å². The molecule has 1 fully saturated rings. The van der Waals surface area contributed by atoms with Gasteiger partial charge in [-0.05, 0) is 39.3 Å². The summed E-state index contributed by atoms with van der Waals surface area (Å²) in [6.07, 6.45) is 5.37. The van der Waals surface area contributed by atoms with Crippen molar-refractivity contribution in [1.82, 2.24) is 10.2 Å². The summed E-state index contributed by atoms with van der Waals surface area (Å²) in [7, 11) is 0. The van der Waals surface area contributed by atoms with Crippen LogP contribution in [-0.4, -0.2) is 36.6 Å². The van der Waals surface area contributed by atoms with Crippen LogP contribution in [0.5, 0.6) is 0 Å². The Morgan fingerprint density at radius 1 is 1.43 bits per heavy atom. The van der Waals surface area contributed by atoms with Crippen LogP contribution < -0.4 is 5.32 Å². The fraction of sp³-hybridized carbons (Fsp3) is 1.00. The maximum absolute atomic E-state index is 3.65. The van der Waals surface area contributed by atoms with E-state index in [9.17, 15) is 0 Å². The minimum Gasteiger partial charge on any atom is -0.313 e. The van der Waals surface area contributed by atoms with E-state index in [0.717, 1.165) is 6.04 Å². The Labute approximate surface area is 89.1 Å². The highest BCUT2D eigenvalue weighted by Crippen LogP contribution is 2.15. The highest BCUT2D eigenvalue weighted by atomic mass is 15.2. The van der Waals surface area contributed by atoms with Crippen molar-refractivity contribution in [2.24, 2.45) is 0 Å². The van der Waals surface area contributed by atoms with Gasteiger partial charge in [0.05, 0.1) is 0 Å². The molecule has 0 aromatic rings. The van der Waals surface area contributed by atoms with Crippen LogP contribution in [-0.2, 0) is 0 Å². The van der Waals surface area contributed by atoms with Gasteiger partial charge in [0.1, 0.15) is 0 Å². The van der Waals surface area contributed by atoms with Gasteiger partial charge in [-0.15, -0.1) is 0 Å². The molecule has 0 amide bonds. The average Bonchev–Trinajstić information content (AvgIpc) is 2.62. The maximum atomic E-state index is 3.65. The van der Waals surface area contributed by atoms with E-state index in [1.54, 1.807) is 0 Å². The van der Waals surface area contributed by atoms with Crippen molar-refractivity contribution in [3.05, 3.63) is 0 Å². The Bertz CT molecular complexity index is 147. The Balaban J connectivity index is 2.16. The van der Waals surface area contributed by atoms with Crippen LogP contribution in [0.25, 0.3) is 0 Å². The lowest BCUT2D eigenvalue weighted by molar-refractivity contribution is 0.253. The number of hydrogen-bond acceptors (Lipinski definition) is 2. The van der Waals surface area contributed by atoms with E-state index in [1.807, 2.05) is 0 Å². The third-order valence-electron chi connectivity index (χ3n) is 3.33. The molecular weight excluding hydrogens is 172 g/mol. The molecular formula is C12H26N2. The molecule has 0 radical (unpaired) electrons. The maximum Gasteiger partial charge on any atom is 0.0221 e.